The molecule has 0 aliphatic rings. The summed E-state index contributed by atoms with van der Waals surface area (Å²) in [6, 6.07) is 15.0. The molecule has 0 fully saturated rings. The normalized spacial score (nSPS) is 14.1. The summed E-state index contributed by atoms with van der Waals surface area (Å²) in [5.74, 6) is -0.276. The first kappa shape index (κ1) is 14.2. The maximum atomic E-state index is 14.4. The van der Waals surface area contributed by atoms with Crippen LogP contribution >= 0.6 is 15.9 Å². The number of halogens is 2. The van der Waals surface area contributed by atoms with Gasteiger partial charge in [0.25, 0.3) is 0 Å². The fraction of sp³-hybridized carbons (Fsp3) is 0.250. The van der Waals surface area contributed by atoms with Gasteiger partial charge in [0.1, 0.15) is 5.82 Å². The van der Waals surface area contributed by atoms with E-state index < -0.39 is 5.54 Å². The van der Waals surface area contributed by atoms with Crippen LogP contribution in [0.4, 0.5) is 4.39 Å². The molecule has 2 rings (SSSR count). The summed E-state index contributed by atoms with van der Waals surface area (Å²) in [7, 11) is 0. The van der Waals surface area contributed by atoms with Crippen molar-refractivity contribution in [3.63, 3.8) is 0 Å². The lowest BCUT2D eigenvalue weighted by Crippen LogP contribution is -2.38. The predicted octanol–water partition coefficient (Wildman–Crippen LogP) is 4.59. The highest BCUT2D eigenvalue weighted by Gasteiger charge is 2.31. The van der Waals surface area contributed by atoms with E-state index in [2.05, 4.69) is 22.9 Å². The molecule has 2 aromatic rings. The molecule has 0 saturated heterocycles. The number of benzene rings is 2. The Balaban J connectivity index is 2.60. The van der Waals surface area contributed by atoms with E-state index >= 15 is 0 Å². The fourth-order valence-corrected chi connectivity index (χ4v) is 2.78. The van der Waals surface area contributed by atoms with Crippen LogP contribution in [0.2, 0.25) is 0 Å². The third kappa shape index (κ3) is 2.72. The first-order valence-corrected chi connectivity index (χ1v) is 7.17. The summed E-state index contributed by atoms with van der Waals surface area (Å²) in [6.07, 6.45) is 1.59. The van der Waals surface area contributed by atoms with Crippen molar-refractivity contribution in [1.29, 1.82) is 0 Å². The monoisotopic (exact) mass is 321 g/mol. The molecule has 3 heteroatoms. The number of rotatable bonds is 4. The van der Waals surface area contributed by atoms with Crippen molar-refractivity contribution in [1.82, 2.24) is 0 Å². The van der Waals surface area contributed by atoms with E-state index in [1.807, 2.05) is 36.4 Å². The standard InChI is InChI=1S/C16H17BrFN/c1-2-11-16(19,12-7-4-3-5-8-12)13-9-6-10-14(17)15(13)18/h3-10H,2,11,19H2,1H3. The van der Waals surface area contributed by atoms with Gasteiger partial charge in [0, 0.05) is 5.56 Å². The molecular weight excluding hydrogens is 305 g/mol. The average Bonchev–Trinajstić information content (AvgIpc) is 2.43. The summed E-state index contributed by atoms with van der Waals surface area (Å²) < 4.78 is 14.8. The molecular formula is C16H17BrFN. The Morgan fingerprint density at radius 1 is 1.11 bits per heavy atom. The summed E-state index contributed by atoms with van der Waals surface area (Å²) in [6.45, 7) is 2.06. The molecule has 0 bridgehead atoms. The molecule has 19 heavy (non-hydrogen) atoms. The van der Waals surface area contributed by atoms with E-state index in [0.717, 1.165) is 12.0 Å². The number of hydrogen-bond donors (Lipinski definition) is 1. The van der Waals surface area contributed by atoms with E-state index in [-0.39, 0.29) is 5.82 Å². The lowest BCUT2D eigenvalue weighted by atomic mass is 9.80. The minimum atomic E-state index is -0.788. The summed E-state index contributed by atoms with van der Waals surface area (Å²) >= 11 is 3.23. The van der Waals surface area contributed by atoms with Crippen molar-refractivity contribution < 1.29 is 4.39 Å². The summed E-state index contributed by atoms with van der Waals surface area (Å²) in [5.41, 5.74) is 7.25. The van der Waals surface area contributed by atoms with Crippen molar-refractivity contribution in [3.05, 3.63) is 69.9 Å². The Labute approximate surface area is 121 Å². The van der Waals surface area contributed by atoms with Gasteiger partial charge < -0.3 is 5.73 Å². The van der Waals surface area contributed by atoms with Gasteiger partial charge in [-0.05, 0) is 34.0 Å². The van der Waals surface area contributed by atoms with Crippen LogP contribution in [-0.4, -0.2) is 0 Å². The second-order valence-corrected chi connectivity index (χ2v) is 5.54. The number of nitrogens with two attached hydrogens (primary N) is 1. The van der Waals surface area contributed by atoms with E-state index in [1.54, 1.807) is 12.1 Å². The second-order valence-electron chi connectivity index (χ2n) is 4.69. The first-order chi connectivity index (χ1) is 9.09. The van der Waals surface area contributed by atoms with Gasteiger partial charge >= 0.3 is 0 Å². The summed E-state index contributed by atoms with van der Waals surface area (Å²) in [4.78, 5) is 0. The van der Waals surface area contributed by atoms with Gasteiger partial charge in [-0.15, -0.1) is 0 Å². The maximum Gasteiger partial charge on any atom is 0.142 e. The van der Waals surface area contributed by atoms with Crippen LogP contribution in [0.3, 0.4) is 0 Å². The molecule has 1 atom stereocenters. The van der Waals surface area contributed by atoms with Gasteiger partial charge in [-0.25, -0.2) is 4.39 Å². The molecule has 100 valence electrons. The van der Waals surface area contributed by atoms with Crippen molar-refractivity contribution >= 4 is 15.9 Å². The molecule has 0 aliphatic heterocycles. The zero-order valence-electron chi connectivity index (χ0n) is 10.9. The van der Waals surface area contributed by atoms with Gasteiger partial charge in [-0.2, -0.15) is 0 Å². The Morgan fingerprint density at radius 2 is 1.79 bits per heavy atom. The van der Waals surface area contributed by atoms with Crippen LogP contribution in [0.1, 0.15) is 30.9 Å². The number of hydrogen-bond acceptors (Lipinski definition) is 1. The highest BCUT2D eigenvalue weighted by atomic mass is 79.9. The highest BCUT2D eigenvalue weighted by Crippen LogP contribution is 2.35. The Hall–Kier alpha value is -1.19. The van der Waals surface area contributed by atoms with Crippen LogP contribution < -0.4 is 5.73 Å². The van der Waals surface area contributed by atoms with Crippen LogP contribution in [0.15, 0.2) is 53.0 Å². The van der Waals surface area contributed by atoms with Crippen molar-refractivity contribution in [2.75, 3.05) is 0 Å². The van der Waals surface area contributed by atoms with Crippen LogP contribution in [0, 0.1) is 5.82 Å². The van der Waals surface area contributed by atoms with Crippen LogP contribution in [0.25, 0.3) is 0 Å². The largest absolute Gasteiger partial charge is 0.318 e. The van der Waals surface area contributed by atoms with Crippen molar-refractivity contribution in [3.8, 4) is 0 Å². The van der Waals surface area contributed by atoms with Gasteiger partial charge in [-0.3, -0.25) is 0 Å². The smallest absolute Gasteiger partial charge is 0.142 e. The predicted molar refractivity (Wildman–Crippen MR) is 80.4 cm³/mol. The van der Waals surface area contributed by atoms with Crippen molar-refractivity contribution in [2.45, 2.75) is 25.3 Å². The van der Waals surface area contributed by atoms with Crippen LogP contribution in [0.5, 0.6) is 0 Å². The molecule has 0 radical (unpaired) electrons. The third-order valence-electron chi connectivity index (χ3n) is 3.37. The topological polar surface area (TPSA) is 26.0 Å². The summed E-state index contributed by atoms with van der Waals surface area (Å²) in [5, 5.41) is 0. The van der Waals surface area contributed by atoms with E-state index in [0.29, 0.717) is 16.5 Å². The quantitative estimate of drug-likeness (QED) is 0.875. The molecule has 1 unspecified atom stereocenters. The molecule has 1 nitrogen and oxygen atoms in total. The Bertz CT molecular complexity index is 556. The molecule has 0 heterocycles. The zero-order chi connectivity index (χ0) is 13.9. The second kappa shape index (κ2) is 5.85. The molecule has 0 amide bonds. The van der Waals surface area contributed by atoms with Crippen molar-refractivity contribution in [2.24, 2.45) is 5.73 Å². The lowest BCUT2D eigenvalue weighted by molar-refractivity contribution is 0.453. The lowest BCUT2D eigenvalue weighted by Gasteiger charge is -2.31. The van der Waals surface area contributed by atoms with Gasteiger partial charge in [-0.1, -0.05) is 55.8 Å². The Kier molecular flexibility index (Phi) is 4.38. The van der Waals surface area contributed by atoms with Gasteiger partial charge in [0.15, 0.2) is 0 Å². The first-order valence-electron chi connectivity index (χ1n) is 6.38. The zero-order valence-corrected chi connectivity index (χ0v) is 12.5. The average molecular weight is 322 g/mol. The fourth-order valence-electron chi connectivity index (χ4n) is 2.41. The van der Waals surface area contributed by atoms with E-state index in [4.69, 9.17) is 5.73 Å². The minimum absolute atomic E-state index is 0.276. The van der Waals surface area contributed by atoms with Gasteiger partial charge in [0.2, 0.25) is 0 Å². The molecule has 0 aliphatic carbocycles. The third-order valence-corrected chi connectivity index (χ3v) is 3.98. The van der Waals surface area contributed by atoms with E-state index in [9.17, 15) is 4.39 Å². The minimum Gasteiger partial charge on any atom is -0.318 e. The highest BCUT2D eigenvalue weighted by molar-refractivity contribution is 9.10. The molecule has 0 saturated carbocycles. The maximum absolute atomic E-state index is 14.4. The Morgan fingerprint density at radius 3 is 2.42 bits per heavy atom. The van der Waals surface area contributed by atoms with Crippen LogP contribution in [-0.2, 0) is 5.54 Å². The molecule has 2 N–H and O–H groups in total. The van der Waals surface area contributed by atoms with E-state index in [1.165, 1.54) is 0 Å². The molecule has 0 spiro atoms. The SMILES string of the molecule is CCCC(N)(c1ccccc1)c1cccc(Br)c1F. The molecule has 2 aromatic carbocycles. The molecule has 0 aromatic heterocycles. The van der Waals surface area contributed by atoms with Gasteiger partial charge in [0.05, 0.1) is 10.0 Å².